The van der Waals surface area contributed by atoms with Gasteiger partial charge in [-0.05, 0) is 74.2 Å². The molecule has 2 aromatic carbocycles. The number of hydrogen-bond acceptors (Lipinski definition) is 6. The Bertz CT molecular complexity index is 854. The fourth-order valence-corrected chi connectivity index (χ4v) is 4.45. The molecule has 0 amide bonds. The Balaban J connectivity index is 1.12. The number of benzene rings is 2. The van der Waals surface area contributed by atoms with E-state index in [4.69, 9.17) is 37.4 Å². The van der Waals surface area contributed by atoms with Crippen LogP contribution >= 0.6 is 23.2 Å². The van der Waals surface area contributed by atoms with E-state index in [0.29, 0.717) is 47.6 Å². The lowest BCUT2D eigenvalue weighted by Gasteiger charge is -2.43. The molecular formula is C25H32Cl2N2O4. The predicted octanol–water partition coefficient (Wildman–Crippen LogP) is 4.07. The molecule has 8 heteroatoms. The van der Waals surface area contributed by atoms with Crippen molar-refractivity contribution in [3.8, 4) is 11.5 Å². The molecular weight excluding hydrogens is 463 g/mol. The molecule has 1 aliphatic heterocycles. The molecule has 6 nitrogen and oxygen atoms in total. The molecule has 1 atom stereocenters. The highest BCUT2D eigenvalue weighted by Gasteiger charge is 2.41. The second-order valence-corrected chi connectivity index (χ2v) is 9.86. The standard InChI is InChI=1S/C25H32Cl2N2O4/c26-18-1-9-23(10-2-18)32-14-22(30)13-28-20-5-7-21(8-6-20)29-15-25(16-31-17-25)33-24-11-3-19(27)4-12-24/h1-4,9-12,20-22,28-30H,5-8,13-17H2/t20-,21-,22?. The minimum absolute atomic E-state index is 0.253. The zero-order valence-electron chi connectivity index (χ0n) is 18.6. The van der Waals surface area contributed by atoms with Crippen molar-refractivity contribution in [2.24, 2.45) is 0 Å². The zero-order chi connectivity index (χ0) is 23.1. The molecule has 0 aromatic heterocycles. The minimum Gasteiger partial charge on any atom is -0.491 e. The Hall–Kier alpha value is -1.54. The Labute approximate surface area is 205 Å². The van der Waals surface area contributed by atoms with Crippen LogP contribution in [-0.2, 0) is 4.74 Å². The van der Waals surface area contributed by atoms with E-state index in [9.17, 15) is 5.11 Å². The van der Waals surface area contributed by atoms with Gasteiger partial charge >= 0.3 is 0 Å². The van der Waals surface area contributed by atoms with Crippen molar-refractivity contribution < 1.29 is 19.3 Å². The lowest BCUT2D eigenvalue weighted by molar-refractivity contribution is -0.159. The van der Waals surface area contributed by atoms with Crippen molar-refractivity contribution in [1.29, 1.82) is 0 Å². The maximum Gasteiger partial charge on any atom is 0.167 e. The van der Waals surface area contributed by atoms with Crippen molar-refractivity contribution in [1.82, 2.24) is 10.6 Å². The fraction of sp³-hybridized carbons (Fsp3) is 0.520. The van der Waals surface area contributed by atoms with Crippen LogP contribution in [0.5, 0.6) is 11.5 Å². The van der Waals surface area contributed by atoms with Crippen LogP contribution in [0.4, 0.5) is 0 Å². The topological polar surface area (TPSA) is 72.0 Å². The van der Waals surface area contributed by atoms with Gasteiger partial charge in [0.25, 0.3) is 0 Å². The molecule has 0 bridgehead atoms. The summed E-state index contributed by atoms with van der Waals surface area (Å²) in [7, 11) is 0. The highest BCUT2D eigenvalue weighted by molar-refractivity contribution is 6.30. The molecule has 2 aliphatic rings. The molecule has 1 aliphatic carbocycles. The van der Waals surface area contributed by atoms with Gasteiger partial charge in [-0.2, -0.15) is 0 Å². The Morgan fingerprint density at radius 2 is 1.42 bits per heavy atom. The van der Waals surface area contributed by atoms with E-state index in [0.717, 1.165) is 38.0 Å². The summed E-state index contributed by atoms with van der Waals surface area (Å²) in [4.78, 5) is 0. The van der Waals surface area contributed by atoms with Crippen LogP contribution in [0.25, 0.3) is 0 Å². The minimum atomic E-state index is -0.556. The molecule has 180 valence electrons. The third-order valence-electron chi connectivity index (χ3n) is 6.22. The first-order valence-electron chi connectivity index (χ1n) is 11.6. The molecule has 1 unspecified atom stereocenters. The highest BCUT2D eigenvalue weighted by Crippen LogP contribution is 2.27. The van der Waals surface area contributed by atoms with Crippen molar-refractivity contribution in [3.05, 3.63) is 58.6 Å². The predicted molar refractivity (Wildman–Crippen MR) is 131 cm³/mol. The van der Waals surface area contributed by atoms with Crippen LogP contribution in [0.1, 0.15) is 25.7 Å². The van der Waals surface area contributed by atoms with Gasteiger partial charge in [-0.1, -0.05) is 23.2 Å². The maximum absolute atomic E-state index is 10.2. The first-order chi connectivity index (χ1) is 16.0. The molecule has 1 saturated carbocycles. The van der Waals surface area contributed by atoms with Crippen LogP contribution in [-0.4, -0.2) is 61.8 Å². The number of hydrogen-bond donors (Lipinski definition) is 3. The second-order valence-electron chi connectivity index (χ2n) is 8.99. The third kappa shape index (κ3) is 7.47. The zero-order valence-corrected chi connectivity index (χ0v) is 20.2. The molecule has 2 fully saturated rings. The van der Waals surface area contributed by atoms with E-state index in [-0.39, 0.29) is 12.2 Å². The van der Waals surface area contributed by atoms with Gasteiger partial charge in [0.15, 0.2) is 5.60 Å². The quantitative estimate of drug-likeness (QED) is 0.437. The van der Waals surface area contributed by atoms with Gasteiger partial charge in [-0.25, -0.2) is 0 Å². The molecule has 0 radical (unpaired) electrons. The summed E-state index contributed by atoms with van der Waals surface area (Å²) in [5.74, 6) is 1.52. The normalized spacial score (nSPS) is 22.9. The third-order valence-corrected chi connectivity index (χ3v) is 6.72. The maximum atomic E-state index is 10.2. The summed E-state index contributed by atoms with van der Waals surface area (Å²) in [6, 6.07) is 15.5. The number of ether oxygens (including phenoxy) is 3. The monoisotopic (exact) mass is 494 g/mol. The second kappa shape index (κ2) is 11.7. The van der Waals surface area contributed by atoms with Gasteiger partial charge in [0.1, 0.15) is 24.2 Å². The summed E-state index contributed by atoms with van der Waals surface area (Å²) in [6.07, 6.45) is 3.77. The van der Waals surface area contributed by atoms with Crippen molar-refractivity contribution in [2.45, 2.75) is 49.5 Å². The van der Waals surface area contributed by atoms with E-state index in [1.165, 1.54) is 0 Å². The lowest BCUT2D eigenvalue weighted by atomic mass is 9.90. The largest absolute Gasteiger partial charge is 0.491 e. The molecule has 4 rings (SSSR count). The Morgan fingerprint density at radius 1 is 0.879 bits per heavy atom. The van der Waals surface area contributed by atoms with Gasteiger partial charge < -0.3 is 30.0 Å². The number of aliphatic hydroxyl groups excluding tert-OH is 1. The number of halogens is 2. The van der Waals surface area contributed by atoms with E-state index >= 15 is 0 Å². The first kappa shape index (κ1) is 24.6. The molecule has 1 saturated heterocycles. The summed E-state index contributed by atoms with van der Waals surface area (Å²) in [5, 5.41) is 18.8. The van der Waals surface area contributed by atoms with E-state index in [2.05, 4.69) is 10.6 Å². The first-order valence-corrected chi connectivity index (χ1v) is 12.3. The van der Waals surface area contributed by atoms with Gasteiger partial charge in [0.2, 0.25) is 0 Å². The van der Waals surface area contributed by atoms with Crippen LogP contribution < -0.4 is 20.1 Å². The number of aliphatic hydroxyl groups is 1. The van der Waals surface area contributed by atoms with Crippen LogP contribution in [0.15, 0.2) is 48.5 Å². The van der Waals surface area contributed by atoms with Gasteiger partial charge in [-0.15, -0.1) is 0 Å². The van der Waals surface area contributed by atoms with Gasteiger partial charge in [0.05, 0.1) is 13.2 Å². The van der Waals surface area contributed by atoms with Crippen molar-refractivity contribution in [2.75, 3.05) is 32.9 Å². The Kier molecular flexibility index (Phi) is 8.74. The molecule has 1 heterocycles. The average molecular weight is 495 g/mol. The van der Waals surface area contributed by atoms with Crippen molar-refractivity contribution in [3.63, 3.8) is 0 Å². The van der Waals surface area contributed by atoms with Gasteiger partial charge in [0, 0.05) is 35.2 Å². The van der Waals surface area contributed by atoms with Crippen molar-refractivity contribution >= 4 is 23.2 Å². The SMILES string of the molecule is OC(CN[C@H]1CC[C@H](NCC2(Oc3ccc(Cl)cc3)COC2)CC1)COc1ccc(Cl)cc1. The number of nitrogens with one attached hydrogen (secondary N) is 2. The summed E-state index contributed by atoms with van der Waals surface area (Å²) < 4.78 is 17.3. The molecule has 0 spiro atoms. The van der Waals surface area contributed by atoms with E-state index < -0.39 is 6.10 Å². The summed E-state index contributed by atoms with van der Waals surface area (Å²) in [5.41, 5.74) is -0.308. The van der Waals surface area contributed by atoms with Crippen LogP contribution in [0, 0.1) is 0 Å². The smallest absolute Gasteiger partial charge is 0.167 e. The Morgan fingerprint density at radius 3 is 1.97 bits per heavy atom. The molecule has 33 heavy (non-hydrogen) atoms. The molecule has 3 N–H and O–H groups in total. The fourth-order valence-electron chi connectivity index (χ4n) is 4.20. The van der Waals surface area contributed by atoms with E-state index in [1.54, 1.807) is 24.3 Å². The average Bonchev–Trinajstić information content (AvgIpc) is 2.81. The number of rotatable bonds is 11. The summed E-state index contributed by atoms with van der Waals surface area (Å²) >= 11 is 11.8. The molecule has 2 aromatic rings. The van der Waals surface area contributed by atoms with E-state index in [1.807, 2.05) is 24.3 Å². The van der Waals surface area contributed by atoms with Gasteiger partial charge in [-0.3, -0.25) is 0 Å². The van der Waals surface area contributed by atoms with Crippen LogP contribution in [0.2, 0.25) is 10.0 Å². The summed E-state index contributed by atoms with van der Waals surface area (Å²) in [6.45, 7) is 2.72. The highest BCUT2D eigenvalue weighted by atomic mass is 35.5. The van der Waals surface area contributed by atoms with Crippen LogP contribution in [0.3, 0.4) is 0 Å². The lowest BCUT2D eigenvalue weighted by Crippen LogP contribution is -2.61.